The van der Waals surface area contributed by atoms with E-state index in [1.807, 2.05) is 26.4 Å². The molecule has 1 fully saturated rings. The number of pyridine rings is 1. The second-order valence-corrected chi connectivity index (χ2v) is 4.99. The maximum absolute atomic E-state index is 6.55. The third kappa shape index (κ3) is 2.05. The van der Waals surface area contributed by atoms with Crippen molar-refractivity contribution in [2.75, 3.05) is 19.0 Å². The summed E-state index contributed by atoms with van der Waals surface area (Å²) in [6.07, 6.45) is 7.79. The van der Waals surface area contributed by atoms with Crippen LogP contribution in [0, 0.1) is 0 Å². The zero-order valence-corrected chi connectivity index (χ0v) is 10.2. The highest BCUT2D eigenvalue weighted by Gasteiger charge is 2.32. The van der Waals surface area contributed by atoms with E-state index in [-0.39, 0.29) is 5.54 Å². The fraction of sp³-hybridized carbons (Fsp3) is 0.615. The van der Waals surface area contributed by atoms with E-state index in [9.17, 15) is 0 Å². The second kappa shape index (κ2) is 4.42. The highest BCUT2D eigenvalue weighted by Crippen LogP contribution is 2.37. The Hall–Kier alpha value is -1.09. The SMILES string of the molecule is CN(C)c1ncccc1C1(N)CCCCC1. The molecule has 88 valence electrons. The Morgan fingerprint density at radius 2 is 1.94 bits per heavy atom. The van der Waals surface area contributed by atoms with Crippen molar-refractivity contribution in [1.29, 1.82) is 0 Å². The van der Waals surface area contributed by atoms with Crippen molar-refractivity contribution < 1.29 is 0 Å². The minimum absolute atomic E-state index is 0.161. The van der Waals surface area contributed by atoms with Gasteiger partial charge in [0.1, 0.15) is 5.82 Å². The summed E-state index contributed by atoms with van der Waals surface area (Å²) in [5.41, 5.74) is 7.60. The van der Waals surface area contributed by atoms with E-state index in [1.165, 1.54) is 24.8 Å². The van der Waals surface area contributed by atoms with Gasteiger partial charge in [-0.25, -0.2) is 4.98 Å². The first-order valence-corrected chi connectivity index (χ1v) is 6.05. The summed E-state index contributed by atoms with van der Waals surface area (Å²) in [7, 11) is 4.05. The fourth-order valence-corrected chi connectivity index (χ4v) is 2.59. The van der Waals surface area contributed by atoms with Gasteiger partial charge in [-0.2, -0.15) is 0 Å². The molecule has 3 nitrogen and oxygen atoms in total. The number of hydrogen-bond donors (Lipinski definition) is 1. The van der Waals surface area contributed by atoms with E-state index in [0.717, 1.165) is 18.7 Å². The van der Waals surface area contributed by atoms with Crippen LogP contribution in [0.1, 0.15) is 37.7 Å². The Labute approximate surface area is 97.7 Å². The number of nitrogens with zero attached hydrogens (tertiary/aromatic N) is 2. The molecule has 1 aliphatic carbocycles. The second-order valence-electron chi connectivity index (χ2n) is 4.99. The monoisotopic (exact) mass is 219 g/mol. The molecule has 0 radical (unpaired) electrons. The van der Waals surface area contributed by atoms with Crippen molar-refractivity contribution in [3.8, 4) is 0 Å². The molecular formula is C13H21N3. The van der Waals surface area contributed by atoms with Crippen LogP contribution >= 0.6 is 0 Å². The third-order valence-corrected chi connectivity index (χ3v) is 3.49. The standard InChI is InChI=1S/C13H21N3/c1-16(2)12-11(7-6-10-15-12)13(14)8-4-3-5-9-13/h6-7,10H,3-5,8-9,14H2,1-2H3. The van der Waals surface area contributed by atoms with Gasteiger partial charge >= 0.3 is 0 Å². The van der Waals surface area contributed by atoms with Gasteiger partial charge in [-0.15, -0.1) is 0 Å². The van der Waals surface area contributed by atoms with E-state index in [0.29, 0.717) is 0 Å². The smallest absolute Gasteiger partial charge is 0.133 e. The van der Waals surface area contributed by atoms with Gasteiger partial charge in [-0.05, 0) is 18.9 Å². The van der Waals surface area contributed by atoms with Crippen molar-refractivity contribution in [3.05, 3.63) is 23.9 Å². The fourth-order valence-electron chi connectivity index (χ4n) is 2.59. The number of hydrogen-bond acceptors (Lipinski definition) is 3. The van der Waals surface area contributed by atoms with Gasteiger partial charge < -0.3 is 10.6 Å². The summed E-state index contributed by atoms with van der Waals surface area (Å²) in [5.74, 6) is 1.02. The first-order valence-electron chi connectivity index (χ1n) is 6.05. The third-order valence-electron chi connectivity index (χ3n) is 3.49. The number of nitrogens with two attached hydrogens (primary N) is 1. The molecule has 16 heavy (non-hydrogen) atoms. The molecule has 0 bridgehead atoms. The van der Waals surface area contributed by atoms with Gasteiger partial charge in [-0.1, -0.05) is 25.3 Å². The molecule has 3 heteroatoms. The van der Waals surface area contributed by atoms with E-state index in [2.05, 4.69) is 16.0 Å². The lowest BCUT2D eigenvalue weighted by Gasteiger charge is -2.35. The van der Waals surface area contributed by atoms with Gasteiger partial charge in [-0.3, -0.25) is 0 Å². The molecule has 1 aromatic heterocycles. The molecule has 0 atom stereocenters. The molecule has 0 amide bonds. The van der Waals surface area contributed by atoms with Crippen LogP contribution in [-0.4, -0.2) is 19.1 Å². The van der Waals surface area contributed by atoms with Crippen LogP contribution < -0.4 is 10.6 Å². The van der Waals surface area contributed by atoms with E-state index in [1.54, 1.807) is 0 Å². The summed E-state index contributed by atoms with van der Waals surface area (Å²) in [5, 5.41) is 0. The number of rotatable bonds is 2. The van der Waals surface area contributed by atoms with Crippen LogP contribution in [0.5, 0.6) is 0 Å². The predicted octanol–water partition coefficient (Wildman–Crippen LogP) is 2.27. The number of anilines is 1. The van der Waals surface area contributed by atoms with Crippen LogP contribution in [0.25, 0.3) is 0 Å². The Kier molecular flexibility index (Phi) is 3.15. The first kappa shape index (κ1) is 11.4. The predicted molar refractivity (Wildman–Crippen MR) is 67.5 cm³/mol. The van der Waals surface area contributed by atoms with Gasteiger partial charge in [0.2, 0.25) is 0 Å². The van der Waals surface area contributed by atoms with Gasteiger partial charge in [0.05, 0.1) is 0 Å². The molecule has 0 aromatic carbocycles. The molecule has 1 saturated carbocycles. The van der Waals surface area contributed by atoms with Crippen LogP contribution in [0.2, 0.25) is 0 Å². The van der Waals surface area contributed by atoms with Crippen molar-refractivity contribution in [3.63, 3.8) is 0 Å². The van der Waals surface area contributed by atoms with E-state index in [4.69, 9.17) is 5.73 Å². The molecular weight excluding hydrogens is 198 g/mol. The summed E-state index contributed by atoms with van der Waals surface area (Å²) < 4.78 is 0. The molecule has 1 aliphatic rings. The summed E-state index contributed by atoms with van der Waals surface area (Å²) >= 11 is 0. The Balaban J connectivity index is 2.38. The molecule has 2 rings (SSSR count). The average Bonchev–Trinajstić information content (AvgIpc) is 2.30. The topological polar surface area (TPSA) is 42.2 Å². The average molecular weight is 219 g/mol. The Morgan fingerprint density at radius 1 is 1.25 bits per heavy atom. The number of aromatic nitrogens is 1. The molecule has 1 heterocycles. The summed E-state index contributed by atoms with van der Waals surface area (Å²) in [6, 6.07) is 4.12. The maximum atomic E-state index is 6.55. The minimum Gasteiger partial charge on any atom is -0.362 e. The zero-order valence-electron chi connectivity index (χ0n) is 10.2. The molecule has 2 N–H and O–H groups in total. The summed E-state index contributed by atoms with van der Waals surface area (Å²) in [4.78, 5) is 6.50. The van der Waals surface area contributed by atoms with Crippen molar-refractivity contribution in [1.82, 2.24) is 4.98 Å². The summed E-state index contributed by atoms with van der Waals surface area (Å²) in [6.45, 7) is 0. The Morgan fingerprint density at radius 3 is 2.56 bits per heavy atom. The van der Waals surface area contributed by atoms with Crippen LogP contribution in [0.3, 0.4) is 0 Å². The van der Waals surface area contributed by atoms with Crippen LogP contribution in [0.4, 0.5) is 5.82 Å². The van der Waals surface area contributed by atoms with Crippen molar-refractivity contribution in [2.24, 2.45) is 5.73 Å². The van der Waals surface area contributed by atoms with Crippen molar-refractivity contribution in [2.45, 2.75) is 37.6 Å². The molecule has 0 saturated heterocycles. The highest BCUT2D eigenvalue weighted by molar-refractivity contribution is 5.49. The maximum Gasteiger partial charge on any atom is 0.133 e. The van der Waals surface area contributed by atoms with Crippen LogP contribution in [0.15, 0.2) is 18.3 Å². The zero-order chi connectivity index (χ0) is 11.6. The lowest BCUT2D eigenvalue weighted by atomic mass is 9.77. The largest absolute Gasteiger partial charge is 0.362 e. The lowest BCUT2D eigenvalue weighted by Crippen LogP contribution is -2.40. The van der Waals surface area contributed by atoms with E-state index < -0.39 is 0 Å². The minimum atomic E-state index is -0.161. The van der Waals surface area contributed by atoms with E-state index >= 15 is 0 Å². The Bertz CT molecular complexity index is 354. The highest BCUT2D eigenvalue weighted by atomic mass is 15.1. The van der Waals surface area contributed by atoms with Gasteiger partial charge in [0.25, 0.3) is 0 Å². The molecule has 0 unspecified atom stereocenters. The lowest BCUT2D eigenvalue weighted by molar-refractivity contribution is 0.302. The quantitative estimate of drug-likeness (QED) is 0.829. The van der Waals surface area contributed by atoms with Crippen molar-refractivity contribution >= 4 is 5.82 Å². The van der Waals surface area contributed by atoms with Gasteiger partial charge in [0, 0.05) is 31.4 Å². The normalized spacial score (nSPS) is 19.4. The molecule has 0 spiro atoms. The molecule has 1 aromatic rings. The van der Waals surface area contributed by atoms with Gasteiger partial charge in [0.15, 0.2) is 0 Å². The first-order chi connectivity index (χ1) is 7.63. The molecule has 0 aliphatic heterocycles. The van der Waals surface area contributed by atoms with Crippen LogP contribution in [-0.2, 0) is 5.54 Å².